The number of nitrogens with zero attached hydrogens (tertiary/aromatic N) is 1. The molecule has 0 radical (unpaired) electrons. The highest BCUT2D eigenvalue weighted by molar-refractivity contribution is 5.09. The van der Waals surface area contributed by atoms with Crippen LogP contribution in [0, 0.1) is 17.2 Å². The Balaban J connectivity index is 2.44. The Bertz CT molecular complexity index is 187. The van der Waals surface area contributed by atoms with E-state index in [0.717, 1.165) is 32.5 Å². The Morgan fingerprint density at radius 1 is 1.46 bits per heavy atom. The Hall–Kier alpha value is -0.590. The van der Waals surface area contributed by atoms with Gasteiger partial charge in [-0.15, -0.1) is 0 Å². The maximum absolute atomic E-state index is 9.11. The number of nitrogens with one attached hydrogen (secondary N) is 2. The van der Waals surface area contributed by atoms with Crippen molar-refractivity contribution in [3.8, 4) is 6.07 Å². The van der Waals surface area contributed by atoms with Gasteiger partial charge in [-0.3, -0.25) is 5.32 Å². The summed E-state index contributed by atoms with van der Waals surface area (Å²) in [5.41, 5.74) is -0.254. The fourth-order valence-corrected chi connectivity index (χ4v) is 1.58. The van der Waals surface area contributed by atoms with E-state index in [4.69, 9.17) is 5.26 Å². The lowest BCUT2D eigenvalue weighted by Gasteiger charge is -2.32. The molecule has 1 heterocycles. The lowest BCUT2D eigenvalue weighted by atomic mass is 9.89. The molecule has 3 heteroatoms. The van der Waals surface area contributed by atoms with E-state index in [-0.39, 0.29) is 5.54 Å². The van der Waals surface area contributed by atoms with E-state index in [0.29, 0.717) is 5.92 Å². The van der Waals surface area contributed by atoms with E-state index in [2.05, 4.69) is 30.6 Å². The number of rotatable bonds is 3. The van der Waals surface area contributed by atoms with E-state index in [9.17, 15) is 0 Å². The van der Waals surface area contributed by atoms with Crippen LogP contribution in [0.15, 0.2) is 0 Å². The highest BCUT2D eigenvalue weighted by atomic mass is 15.0. The van der Waals surface area contributed by atoms with E-state index >= 15 is 0 Å². The van der Waals surface area contributed by atoms with Crippen LogP contribution in [0.5, 0.6) is 0 Å². The van der Waals surface area contributed by atoms with Gasteiger partial charge in [0.2, 0.25) is 0 Å². The Morgan fingerprint density at radius 3 is 2.54 bits per heavy atom. The Kier molecular flexibility index (Phi) is 3.71. The smallest absolute Gasteiger partial charge is 0.109 e. The van der Waals surface area contributed by atoms with Crippen molar-refractivity contribution >= 4 is 0 Å². The molecule has 1 aliphatic rings. The fraction of sp³-hybridized carbons (Fsp3) is 0.900. The average Bonchev–Trinajstić information content (AvgIpc) is 2.16. The lowest BCUT2D eigenvalue weighted by Crippen LogP contribution is -2.52. The third kappa shape index (κ3) is 2.98. The van der Waals surface area contributed by atoms with Crippen LogP contribution in [0.4, 0.5) is 0 Å². The van der Waals surface area contributed by atoms with E-state index < -0.39 is 0 Å². The van der Waals surface area contributed by atoms with Gasteiger partial charge in [0.25, 0.3) is 0 Å². The van der Waals surface area contributed by atoms with Crippen molar-refractivity contribution in [3.63, 3.8) is 0 Å². The second-order valence-electron chi connectivity index (χ2n) is 4.22. The minimum Gasteiger partial charge on any atom is -0.317 e. The number of hydrogen-bond acceptors (Lipinski definition) is 3. The first-order chi connectivity index (χ1) is 6.18. The molecule has 1 aliphatic heterocycles. The zero-order valence-corrected chi connectivity index (χ0v) is 8.56. The molecular formula is C10H19N3. The van der Waals surface area contributed by atoms with Crippen molar-refractivity contribution in [2.45, 2.75) is 32.2 Å². The second-order valence-corrected chi connectivity index (χ2v) is 4.22. The van der Waals surface area contributed by atoms with Crippen LogP contribution < -0.4 is 10.6 Å². The quantitative estimate of drug-likeness (QED) is 0.679. The molecule has 0 bridgehead atoms. The molecule has 0 saturated carbocycles. The van der Waals surface area contributed by atoms with Gasteiger partial charge >= 0.3 is 0 Å². The standard InChI is InChI=1S/C10H19N3/c1-9(2)7-13-10(8-11)3-5-12-6-4-10/h9,12-13H,3-7H2,1-2H3. The molecule has 0 unspecified atom stereocenters. The summed E-state index contributed by atoms with van der Waals surface area (Å²) in [6, 6.07) is 2.42. The van der Waals surface area contributed by atoms with Gasteiger partial charge in [-0.1, -0.05) is 13.8 Å². The SMILES string of the molecule is CC(C)CNC1(C#N)CCNCC1. The van der Waals surface area contributed by atoms with Crippen molar-refractivity contribution in [1.29, 1.82) is 5.26 Å². The second kappa shape index (κ2) is 4.59. The van der Waals surface area contributed by atoms with Crippen LogP contribution >= 0.6 is 0 Å². The number of hydrogen-bond donors (Lipinski definition) is 2. The molecule has 0 atom stereocenters. The molecule has 3 nitrogen and oxygen atoms in total. The first kappa shape index (κ1) is 10.5. The summed E-state index contributed by atoms with van der Waals surface area (Å²) >= 11 is 0. The number of piperidine rings is 1. The topological polar surface area (TPSA) is 47.9 Å². The highest BCUT2D eigenvalue weighted by Gasteiger charge is 2.31. The van der Waals surface area contributed by atoms with Gasteiger partial charge in [0.05, 0.1) is 6.07 Å². The Morgan fingerprint density at radius 2 is 2.08 bits per heavy atom. The van der Waals surface area contributed by atoms with Gasteiger partial charge in [0.15, 0.2) is 0 Å². The first-order valence-corrected chi connectivity index (χ1v) is 5.05. The van der Waals surface area contributed by atoms with Gasteiger partial charge in [0.1, 0.15) is 5.54 Å². The maximum Gasteiger partial charge on any atom is 0.109 e. The van der Waals surface area contributed by atoms with Crippen molar-refractivity contribution < 1.29 is 0 Å². The molecular weight excluding hydrogens is 162 g/mol. The summed E-state index contributed by atoms with van der Waals surface area (Å²) < 4.78 is 0. The van der Waals surface area contributed by atoms with Gasteiger partial charge in [0, 0.05) is 0 Å². The van der Waals surface area contributed by atoms with Gasteiger partial charge in [-0.05, 0) is 38.4 Å². The van der Waals surface area contributed by atoms with Crippen molar-refractivity contribution in [3.05, 3.63) is 0 Å². The molecule has 0 aliphatic carbocycles. The third-order valence-electron chi connectivity index (χ3n) is 2.52. The Labute approximate surface area is 80.5 Å². The molecule has 13 heavy (non-hydrogen) atoms. The van der Waals surface area contributed by atoms with Gasteiger partial charge in [-0.2, -0.15) is 5.26 Å². The summed E-state index contributed by atoms with van der Waals surface area (Å²) in [5, 5.41) is 15.8. The average molecular weight is 181 g/mol. The number of nitriles is 1. The predicted molar refractivity (Wildman–Crippen MR) is 53.3 cm³/mol. The molecule has 0 aromatic carbocycles. The lowest BCUT2D eigenvalue weighted by molar-refractivity contribution is 0.299. The van der Waals surface area contributed by atoms with Crippen LogP contribution in [-0.2, 0) is 0 Å². The molecule has 0 spiro atoms. The largest absolute Gasteiger partial charge is 0.317 e. The molecule has 0 aromatic rings. The van der Waals surface area contributed by atoms with Gasteiger partial charge < -0.3 is 5.32 Å². The minimum absolute atomic E-state index is 0.254. The summed E-state index contributed by atoms with van der Waals surface area (Å²) in [6.45, 7) is 7.18. The van der Waals surface area contributed by atoms with Crippen molar-refractivity contribution in [2.24, 2.45) is 5.92 Å². The maximum atomic E-state index is 9.11. The van der Waals surface area contributed by atoms with Crippen LogP contribution in [0.1, 0.15) is 26.7 Å². The zero-order chi connectivity index (χ0) is 9.73. The normalized spacial score (nSPS) is 21.4. The zero-order valence-electron chi connectivity index (χ0n) is 8.56. The highest BCUT2D eigenvalue weighted by Crippen LogP contribution is 2.17. The van der Waals surface area contributed by atoms with E-state index in [1.807, 2.05) is 0 Å². The molecule has 0 amide bonds. The molecule has 1 rings (SSSR count). The molecule has 2 N–H and O–H groups in total. The predicted octanol–water partition coefficient (Wildman–Crippen LogP) is 0.878. The van der Waals surface area contributed by atoms with E-state index in [1.54, 1.807) is 0 Å². The minimum atomic E-state index is -0.254. The molecule has 1 saturated heterocycles. The van der Waals surface area contributed by atoms with Gasteiger partial charge in [-0.25, -0.2) is 0 Å². The summed E-state index contributed by atoms with van der Waals surface area (Å²) in [4.78, 5) is 0. The monoisotopic (exact) mass is 181 g/mol. The van der Waals surface area contributed by atoms with Crippen molar-refractivity contribution in [2.75, 3.05) is 19.6 Å². The summed E-state index contributed by atoms with van der Waals surface area (Å²) in [5.74, 6) is 0.611. The molecule has 0 aromatic heterocycles. The summed E-state index contributed by atoms with van der Waals surface area (Å²) in [6.07, 6.45) is 1.85. The summed E-state index contributed by atoms with van der Waals surface area (Å²) in [7, 11) is 0. The van der Waals surface area contributed by atoms with E-state index in [1.165, 1.54) is 0 Å². The fourth-order valence-electron chi connectivity index (χ4n) is 1.58. The van der Waals surface area contributed by atoms with Crippen LogP contribution in [0.3, 0.4) is 0 Å². The van der Waals surface area contributed by atoms with Crippen LogP contribution in [0.2, 0.25) is 0 Å². The van der Waals surface area contributed by atoms with Crippen molar-refractivity contribution in [1.82, 2.24) is 10.6 Å². The third-order valence-corrected chi connectivity index (χ3v) is 2.52. The van der Waals surface area contributed by atoms with Crippen LogP contribution in [0.25, 0.3) is 0 Å². The van der Waals surface area contributed by atoms with Crippen LogP contribution in [-0.4, -0.2) is 25.2 Å². The first-order valence-electron chi connectivity index (χ1n) is 5.05. The molecule has 74 valence electrons. The molecule has 1 fully saturated rings.